The van der Waals surface area contributed by atoms with Gasteiger partial charge in [-0.3, -0.25) is 24.1 Å². The summed E-state index contributed by atoms with van der Waals surface area (Å²) < 4.78 is 23.0. The molecule has 0 heterocycles. The molecule has 0 amide bonds. The van der Waals surface area contributed by atoms with Gasteiger partial charge < -0.3 is 24.1 Å². The van der Waals surface area contributed by atoms with Gasteiger partial charge >= 0.3 is 23.9 Å². The monoisotopic (exact) mass is 1310 g/mol. The lowest BCUT2D eigenvalue weighted by molar-refractivity contribution is -0.150. The van der Waals surface area contributed by atoms with Crippen LogP contribution in [-0.2, 0) is 38.1 Å². The molecule has 2 atom stereocenters. The second-order valence-corrected chi connectivity index (χ2v) is 24.9. The number of rotatable bonds is 68. The first-order valence-electron chi connectivity index (χ1n) is 38.1. The summed E-state index contributed by atoms with van der Waals surface area (Å²) in [7, 11) is 0. The third-order valence-corrected chi connectivity index (χ3v) is 16.0. The standard InChI is InChI=1S/C84H139NO9/c1-5-9-13-17-19-21-23-25-27-29-31-33-35-41-47-53-61-69-83(89)93-79(65-57-15-11-7-3)67-59-51-45-39-37-43-49-55-63-77-91-81(87)71-73-85(75-76-86)74-72-82(88)92-78-64-56-50-44-38-40-46-52-60-68-80(66-58-16-12-8-4)94-84(90)70-62-54-48-42-36-34-32-30-28-26-24-22-20-18-14-10-6-2/h9-10,13-14,19-22,25-28,31-34,41-42,47-48,51-52,59-60,79-80,86H,5-8,11-12,15-18,23-24,29-30,35-40,43-46,49-50,53-58,61-78H2,1-4H3/b13-9-,14-10-,21-19-,22-20-,27-25-,28-26-,33-31-,34-32-,47-41-,48-42-,59-51-,60-52-. The quantitative estimate of drug-likeness (QED) is 0.0272. The van der Waals surface area contributed by atoms with Crippen LogP contribution >= 0.6 is 0 Å². The second-order valence-electron chi connectivity index (χ2n) is 24.9. The summed E-state index contributed by atoms with van der Waals surface area (Å²) in [5.74, 6) is -0.658. The molecule has 0 saturated carbocycles. The number of hydrogen-bond donors (Lipinski definition) is 1. The summed E-state index contributed by atoms with van der Waals surface area (Å²) in [6.45, 7) is 10.8. The van der Waals surface area contributed by atoms with Crippen LogP contribution < -0.4 is 0 Å². The van der Waals surface area contributed by atoms with E-state index in [1.165, 1.54) is 38.5 Å². The first-order chi connectivity index (χ1) is 46.3. The third-order valence-electron chi connectivity index (χ3n) is 16.0. The Kier molecular flexibility index (Phi) is 70.8. The number of esters is 4. The van der Waals surface area contributed by atoms with E-state index in [0.717, 1.165) is 218 Å². The van der Waals surface area contributed by atoms with E-state index < -0.39 is 0 Å². The van der Waals surface area contributed by atoms with Crippen molar-refractivity contribution < 1.29 is 43.2 Å². The SMILES string of the molecule is CC/C=C\C/C=C\C/C=C\C/C=C\C/C=C\CCCC(=O)OC(C/C=C\CCCCCCCCOC(=O)CCN(CCO)CCC(=O)OCCCCCCCC/C=C\CC(CCCCCC)OC(=O)CCC/C=C\C/C=C\C/C=C\C/C=C\C/C=C\CC)CCCCCC. The molecule has 0 aromatic rings. The van der Waals surface area contributed by atoms with Crippen molar-refractivity contribution in [3.8, 4) is 0 Å². The van der Waals surface area contributed by atoms with Crippen LogP contribution in [0.1, 0.15) is 310 Å². The number of carbonyl (C=O) groups excluding carboxylic acids is 4. The number of nitrogens with zero attached hydrogens (tertiary/aromatic N) is 1. The number of hydrogen-bond acceptors (Lipinski definition) is 10. The van der Waals surface area contributed by atoms with Crippen LogP contribution in [0.5, 0.6) is 0 Å². The molecule has 0 aliphatic rings. The van der Waals surface area contributed by atoms with Gasteiger partial charge in [-0.25, -0.2) is 0 Å². The van der Waals surface area contributed by atoms with Gasteiger partial charge in [-0.1, -0.05) is 263 Å². The van der Waals surface area contributed by atoms with Crippen molar-refractivity contribution in [1.29, 1.82) is 0 Å². The fraction of sp³-hybridized carbons (Fsp3) is 0.667. The molecule has 534 valence electrons. The Morgan fingerprint density at radius 3 is 0.947 bits per heavy atom. The number of aliphatic hydroxyl groups excluding tert-OH is 1. The number of allylic oxidation sites excluding steroid dienone is 22. The summed E-state index contributed by atoms with van der Waals surface area (Å²) in [6, 6.07) is 0. The molecular formula is C84H139NO9. The average Bonchev–Trinajstić information content (AvgIpc) is 3.78. The van der Waals surface area contributed by atoms with E-state index in [9.17, 15) is 24.3 Å². The average molecular weight is 1310 g/mol. The van der Waals surface area contributed by atoms with E-state index in [-0.39, 0.29) is 55.5 Å². The topological polar surface area (TPSA) is 129 Å². The molecule has 0 aliphatic heterocycles. The molecule has 94 heavy (non-hydrogen) atoms. The zero-order valence-corrected chi connectivity index (χ0v) is 60.5. The Morgan fingerprint density at radius 1 is 0.309 bits per heavy atom. The Bertz CT molecular complexity index is 1960. The van der Waals surface area contributed by atoms with E-state index in [4.69, 9.17) is 18.9 Å². The van der Waals surface area contributed by atoms with Crippen LogP contribution in [-0.4, -0.2) is 85.5 Å². The summed E-state index contributed by atoms with van der Waals surface area (Å²) in [6.07, 6.45) is 95.1. The molecular weight excluding hydrogens is 1170 g/mol. The molecule has 2 unspecified atom stereocenters. The smallest absolute Gasteiger partial charge is 0.307 e. The Labute approximate surface area is 576 Å². The van der Waals surface area contributed by atoms with Crippen molar-refractivity contribution in [3.63, 3.8) is 0 Å². The van der Waals surface area contributed by atoms with Crippen LogP contribution in [0.2, 0.25) is 0 Å². The van der Waals surface area contributed by atoms with Crippen molar-refractivity contribution in [1.82, 2.24) is 4.90 Å². The molecule has 0 saturated heterocycles. The molecule has 1 N–H and O–H groups in total. The van der Waals surface area contributed by atoms with Crippen molar-refractivity contribution >= 4 is 23.9 Å². The Hall–Kier alpha value is -5.32. The molecule has 0 aromatic heterocycles. The number of unbranched alkanes of at least 4 members (excludes halogenated alkanes) is 20. The van der Waals surface area contributed by atoms with Crippen LogP contribution in [0.4, 0.5) is 0 Å². The van der Waals surface area contributed by atoms with Gasteiger partial charge in [-0.05, 0) is 154 Å². The predicted molar refractivity (Wildman–Crippen MR) is 401 cm³/mol. The molecule has 0 bridgehead atoms. The first kappa shape index (κ1) is 88.7. The van der Waals surface area contributed by atoms with Gasteiger partial charge in [0, 0.05) is 45.3 Å². The van der Waals surface area contributed by atoms with Crippen LogP contribution in [0, 0.1) is 0 Å². The molecule has 0 spiro atoms. The summed E-state index contributed by atoms with van der Waals surface area (Å²) in [5, 5.41) is 9.62. The molecule has 0 aromatic carbocycles. The molecule has 0 fully saturated rings. The lowest BCUT2D eigenvalue weighted by Gasteiger charge is -2.20. The van der Waals surface area contributed by atoms with Crippen LogP contribution in [0.3, 0.4) is 0 Å². The molecule has 0 radical (unpaired) electrons. The minimum atomic E-state index is -0.250. The highest BCUT2D eigenvalue weighted by Gasteiger charge is 2.16. The zero-order chi connectivity index (χ0) is 68.2. The molecule has 10 heteroatoms. The first-order valence-corrected chi connectivity index (χ1v) is 38.1. The fourth-order valence-electron chi connectivity index (χ4n) is 10.4. The third kappa shape index (κ3) is 69.5. The number of ether oxygens (including phenoxy) is 4. The number of aliphatic hydroxyl groups is 1. The van der Waals surface area contributed by atoms with Crippen LogP contribution in [0.15, 0.2) is 146 Å². The fourth-order valence-corrected chi connectivity index (χ4v) is 10.4. The maximum atomic E-state index is 12.8. The zero-order valence-electron chi connectivity index (χ0n) is 60.5. The normalized spacial score (nSPS) is 13.3. The second kappa shape index (κ2) is 75.1. The summed E-state index contributed by atoms with van der Waals surface area (Å²) >= 11 is 0. The lowest BCUT2D eigenvalue weighted by Crippen LogP contribution is -2.32. The van der Waals surface area contributed by atoms with Gasteiger partial charge in [0.15, 0.2) is 0 Å². The molecule has 0 aliphatic carbocycles. The van der Waals surface area contributed by atoms with Crippen molar-refractivity contribution in [2.45, 2.75) is 322 Å². The molecule has 10 nitrogen and oxygen atoms in total. The van der Waals surface area contributed by atoms with Gasteiger partial charge in [-0.15, -0.1) is 0 Å². The number of carbonyl (C=O) groups is 4. The van der Waals surface area contributed by atoms with Gasteiger partial charge in [0.25, 0.3) is 0 Å². The van der Waals surface area contributed by atoms with Crippen molar-refractivity contribution in [2.75, 3.05) is 39.5 Å². The minimum Gasteiger partial charge on any atom is -0.466 e. The van der Waals surface area contributed by atoms with Gasteiger partial charge in [-0.2, -0.15) is 0 Å². The van der Waals surface area contributed by atoms with E-state index in [1.54, 1.807) is 0 Å². The van der Waals surface area contributed by atoms with Gasteiger partial charge in [0.2, 0.25) is 0 Å². The van der Waals surface area contributed by atoms with E-state index in [1.807, 2.05) is 4.90 Å². The highest BCUT2D eigenvalue weighted by atomic mass is 16.6. The van der Waals surface area contributed by atoms with Crippen molar-refractivity contribution in [2.24, 2.45) is 0 Å². The Morgan fingerprint density at radius 2 is 0.606 bits per heavy atom. The maximum absolute atomic E-state index is 12.8. The summed E-state index contributed by atoms with van der Waals surface area (Å²) in [4.78, 5) is 52.5. The highest BCUT2D eigenvalue weighted by Crippen LogP contribution is 2.18. The van der Waals surface area contributed by atoms with E-state index in [2.05, 4.69) is 174 Å². The summed E-state index contributed by atoms with van der Waals surface area (Å²) in [5.41, 5.74) is 0. The molecule has 0 rings (SSSR count). The van der Waals surface area contributed by atoms with Gasteiger partial charge in [0.05, 0.1) is 32.7 Å². The van der Waals surface area contributed by atoms with Gasteiger partial charge in [0.1, 0.15) is 12.2 Å². The lowest BCUT2D eigenvalue weighted by atomic mass is 10.1. The van der Waals surface area contributed by atoms with E-state index in [0.29, 0.717) is 45.7 Å². The highest BCUT2D eigenvalue weighted by molar-refractivity contribution is 5.70. The van der Waals surface area contributed by atoms with E-state index >= 15 is 0 Å². The minimum absolute atomic E-state index is 0.0471. The predicted octanol–water partition coefficient (Wildman–Crippen LogP) is 23.1. The maximum Gasteiger partial charge on any atom is 0.307 e. The largest absolute Gasteiger partial charge is 0.466 e. The van der Waals surface area contributed by atoms with Crippen LogP contribution in [0.25, 0.3) is 0 Å². The Balaban J connectivity index is 4.18. The van der Waals surface area contributed by atoms with Crippen molar-refractivity contribution in [3.05, 3.63) is 146 Å².